The highest BCUT2D eigenvalue weighted by atomic mass is 32.2. The van der Waals surface area contributed by atoms with Crippen LogP contribution < -0.4 is 0 Å². The smallest absolute Gasteiger partial charge is 0.345 e. The average molecular weight is 316 g/mol. The van der Waals surface area contributed by atoms with Crippen LogP contribution in [0.25, 0.3) is 0 Å². The van der Waals surface area contributed by atoms with Crippen LogP contribution in [0.15, 0.2) is 11.2 Å². The molecule has 0 aromatic carbocycles. The number of thiazole rings is 1. The molecule has 0 unspecified atom stereocenters. The van der Waals surface area contributed by atoms with E-state index in [1.165, 1.54) is 13.1 Å². The zero-order chi connectivity index (χ0) is 14.5. The van der Waals surface area contributed by atoms with Gasteiger partial charge in [0, 0.05) is 19.2 Å². The zero-order valence-electron chi connectivity index (χ0n) is 10.6. The summed E-state index contributed by atoms with van der Waals surface area (Å²) in [5.41, 5.74) is 0. The summed E-state index contributed by atoms with van der Waals surface area (Å²) in [6.07, 6.45) is 1.20. The van der Waals surface area contributed by atoms with Crippen molar-refractivity contribution in [3.8, 4) is 0 Å². The fourth-order valence-corrected chi connectivity index (χ4v) is 3.19. The minimum Gasteiger partial charge on any atom is -0.464 e. The Kier molecular flexibility index (Phi) is 4.90. The number of nitro groups is 1. The van der Waals surface area contributed by atoms with Gasteiger partial charge in [-0.15, -0.1) is 0 Å². The molecule has 1 aliphatic heterocycles. The number of esters is 1. The number of carbonyl (C=O) groups is 1. The fraction of sp³-hybridized carbons (Fsp3) is 0.500. The predicted octanol–water partition coefficient (Wildman–Crippen LogP) is 1.65. The number of aromatic nitrogens is 1. The molecule has 1 saturated heterocycles. The summed E-state index contributed by atoms with van der Waals surface area (Å²) in [4.78, 5) is 31.0. The lowest BCUT2D eigenvalue weighted by atomic mass is 10.5. The molecule has 0 N–H and O–H groups in total. The van der Waals surface area contributed by atoms with Crippen molar-refractivity contribution in [2.45, 2.75) is 6.92 Å². The molecule has 108 valence electrons. The Labute approximate surface area is 123 Å². The van der Waals surface area contributed by atoms with Gasteiger partial charge in [0.1, 0.15) is 12.8 Å². The molecule has 0 bridgehead atoms. The summed E-state index contributed by atoms with van der Waals surface area (Å²) in [7, 11) is 0. The summed E-state index contributed by atoms with van der Waals surface area (Å²) >= 11 is 2.49. The van der Waals surface area contributed by atoms with Crippen molar-refractivity contribution in [2.24, 2.45) is 4.99 Å². The van der Waals surface area contributed by atoms with Crippen molar-refractivity contribution in [1.82, 2.24) is 9.88 Å². The fourth-order valence-electron chi connectivity index (χ4n) is 1.52. The van der Waals surface area contributed by atoms with Gasteiger partial charge in [-0.3, -0.25) is 14.9 Å². The lowest BCUT2D eigenvalue weighted by Gasteiger charge is -2.16. The van der Waals surface area contributed by atoms with E-state index in [1.807, 2.05) is 4.90 Å². The second kappa shape index (κ2) is 6.66. The molecule has 0 atom stereocenters. The molecule has 8 nitrogen and oxygen atoms in total. The molecular formula is C10H12N4O4S2. The normalized spacial score (nSPS) is 16.6. The monoisotopic (exact) mass is 316 g/mol. The molecule has 1 fully saturated rings. The van der Waals surface area contributed by atoms with Crippen LogP contribution >= 0.6 is 23.1 Å². The number of rotatable bonds is 5. The lowest BCUT2D eigenvalue weighted by molar-refractivity contribution is -0.380. The molecule has 0 spiro atoms. The van der Waals surface area contributed by atoms with Crippen LogP contribution in [-0.4, -0.2) is 51.4 Å². The van der Waals surface area contributed by atoms with Crippen LogP contribution in [0.5, 0.6) is 0 Å². The van der Waals surface area contributed by atoms with Gasteiger partial charge < -0.3 is 9.64 Å². The van der Waals surface area contributed by atoms with Gasteiger partial charge in [0.05, 0.1) is 11.5 Å². The summed E-state index contributed by atoms with van der Waals surface area (Å²) in [6, 6.07) is 0. The van der Waals surface area contributed by atoms with Gasteiger partial charge in [-0.1, -0.05) is 11.8 Å². The maximum absolute atomic E-state index is 10.7. The maximum atomic E-state index is 10.7. The number of nitrogens with zero attached hydrogens (tertiary/aromatic N) is 4. The van der Waals surface area contributed by atoms with Crippen molar-refractivity contribution < 1.29 is 14.5 Å². The Morgan fingerprint density at radius 2 is 2.50 bits per heavy atom. The van der Waals surface area contributed by atoms with E-state index in [9.17, 15) is 14.9 Å². The van der Waals surface area contributed by atoms with Crippen molar-refractivity contribution in [1.29, 1.82) is 0 Å². The van der Waals surface area contributed by atoms with Crippen LogP contribution in [0.1, 0.15) is 6.92 Å². The molecule has 0 radical (unpaired) electrons. The number of carbonyl (C=O) groups excluding carboxylic acids is 1. The van der Waals surface area contributed by atoms with Gasteiger partial charge in [0.2, 0.25) is 5.13 Å². The van der Waals surface area contributed by atoms with Crippen LogP contribution in [0.2, 0.25) is 0 Å². The average Bonchev–Trinajstić information content (AvgIpc) is 2.99. The first-order valence-corrected chi connectivity index (χ1v) is 7.56. The number of hydrogen-bond acceptors (Lipinski definition) is 8. The SMILES string of the molecule is CC(=O)OCCN1CCS/C1=N\c1ncc([N+](=O)[O-])s1. The van der Waals surface area contributed by atoms with E-state index in [0.717, 1.165) is 28.8 Å². The minimum absolute atomic E-state index is 0.0289. The summed E-state index contributed by atoms with van der Waals surface area (Å²) in [5, 5.41) is 11.7. The van der Waals surface area contributed by atoms with Crippen molar-refractivity contribution in [3.63, 3.8) is 0 Å². The van der Waals surface area contributed by atoms with E-state index in [0.29, 0.717) is 18.3 Å². The van der Waals surface area contributed by atoms with E-state index in [4.69, 9.17) is 4.74 Å². The third-order valence-electron chi connectivity index (χ3n) is 2.38. The van der Waals surface area contributed by atoms with Crippen LogP contribution in [0.4, 0.5) is 10.1 Å². The standard InChI is InChI=1S/C10H12N4O4S2/c1-7(15)18-4-2-13-3-5-19-10(13)12-9-11-6-8(20-9)14(16)17/h6H,2-5H2,1H3/b12-10-. The van der Waals surface area contributed by atoms with Crippen LogP contribution in [-0.2, 0) is 9.53 Å². The molecule has 0 amide bonds. The predicted molar refractivity (Wildman–Crippen MR) is 76.5 cm³/mol. The molecule has 10 heteroatoms. The van der Waals surface area contributed by atoms with Crippen molar-refractivity contribution in [2.75, 3.05) is 25.4 Å². The Morgan fingerprint density at radius 1 is 1.70 bits per heavy atom. The van der Waals surface area contributed by atoms with E-state index in [-0.39, 0.29) is 11.0 Å². The lowest BCUT2D eigenvalue weighted by Crippen LogP contribution is -2.28. The molecule has 1 aliphatic rings. The molecule has 0 aliphatic carbocycles. The number of aliphatic imine (C=N–C) groups is 1. The van der Waals surface area contributed by atoms with Gasteiger partial charge in [0.25, 0.3) is 0 Å². The van der Waals surface area contributed by atoms with Crippen LogP contribution in [0, 0.1) is 10.1 Å². The summed E-state index contributed by atoms with van der Waals surface area (Å²) < 4.78 is 4.89. The molecule has 2 rings (SSSR count). The highest BCUT2D eigenvalue weighted by Gasteiger charge is 2.21. The Morgan fingerprint density at radius 3 is 3.15 bits per heavy atom. The van der Waals surface area contributed by atoms with E-state index < -0.39 is 4.92 Å². The highest BCUT2D eigenvalue weighted by molar-refractivity contribution is 8.14. The number of thioether (sulfide) groups is 1. The second-order valence-electron chi connectivity index (χ2n) is 3.81. The Hall–Kier alpha value is -1.68. The van der Waals surface area contributed by atoms with Crippen LogP contribution in [0.3, 0.4) is 0 Å². The zero-order valence-corrected chi connectivity index (χ0v) is 12.3. The second-order valence-corrected chi connectivity index (χ2v) is 5.86. The molecule has 0 saturated carbocycles. The first-order chi connectivity index (χ1) is 9.56. The van der Waals surface area contributed by atoms with Gasteiger partial charge >= 0.3 is 11.0 Å². The first-order valence-electron chi connectivity index (χ1n) is 5.76. The van der Waals surface area contributed by atoms with Crippen molar-refractivity contribution >= 4 is 44.4 Å². The van der Waals surface area contributed by atoms with Gasteiger partial charge in [-0.05, 0) is 11.3 Å². The third kappa shape index (κ3) is 3.90. The summed E-state index contributed by atoms with van der Waals surface area (Å²) in [5.74, 6) is 0.567. The van der Waals surface area contributed by atoms with E-state index in [1.54, 1.807) is 11.8 Å². The van der Waals surface area contributed by atoms with Crippen molar-refractivity contribution in [3.05, 3.63) is 16.3 Å². The first kappa shape index (κ1) is 14.7. The van der Waals surface area contributed by atoms with E-state index in [2.05, 4.69) is 9.98 Å². The molecule has 2 heterocycles. The third-order valence-corrected chi connectivity index (χ3v) is 4.22. The van der Waals surface area contributed by atoms with Gasteiger partial charge in [0.15, 0.2) is 5.17 Å². The number of amidine groups is 1. The Bertz CT molecular complexity index is 545. The quantitative estimate of drug-likeness (QED) is 0.463. The van der Waals surface area contributed by atoms with Gasteiger partial charge in [-0.25, -0.2) is 4.98 Å². The maximum Gasteiger partial charge on any atom is 0.345 e. The largest absolute Gasteiger partial charge is 0.464 e. The van der Waals surface area contributed by atoms with Gasteiger partial charge in [-0.2, -0.15) is 4.99 Å². The van der Waals surface area contributed by atoms with E-state index >= 15 is 0 Å². The number of ether oxygens (including phenoxy) is 1. The molecule has 1 aromatic rings. The molecule has 1 aromatic heterocycles. The topological polar surface area (TPSA) is 97.9 Å². The molecule has 20 heavy (non-hydrogen) atoms. The highest BCUT2D eigenvalue weighted by Crippen LogP contribution is 2.30. The minimum atomic E-state index is -0.485. The Balaban J connectivity index is 1.99. The summed E-state index contributed by atoms with van der Waals surface area (Å²) in [6.45, 7) is 3.02. The molecular weight excluding hydrogens is 304 g/mol. The number of hydrogen-bond donors (Lipinski definition) is 0.